The zero-order valence-corrected chi connectivity index (χ0v) is 20.9. The summed E-state index contributed by atoms with van der Waals surface area (Å²) in [6.07, 6.45) is 21.1. The standard InChI is InChI=1S/C31H49N/c1-2-3-4-5-6-7-8-9-10-11-12-13-14-21-27-32-28-26-31(29-22-17-15-18-23-29)30-24-19-16-20-25-30/h15-20,22-25,31-32H,2-14,21,26-28H2,1H3. The van der Waals surface area contributed by atoms with E-state index in [-0.39, 0.29) is 0 Å². The average Bonchev–Trinajstić information content (AvgIpc) is 2.84. The summed E-state index contributed by atoms with van der Waals surface area (Å²) in [7, 11) is 0. The third-order valence-electron chi connectivity index (χ3n) is 6.72. The number of rotatable bonds is 20. The van der Waals surface area contributed by atoms with Crippen LogP contribution in [0.2, 0.25) is 0 Å². The maximum atomic E-state index is 3.70. The highest BCUT2D eigenvalue weighted by Gasteiger charge is 2.13. The predicted octanol–water partition coefficient (Wildman–Crippen LogP) is 9.28. The highest BCUT2D eigenvalue weighted by Crippen LogP contribution is 2.27. The average molecular weight is 436 g/mol. The molecule has 2 aromatic rings. The van der Waals surface area contributed by atoms with Crippen molar-refractivity contribution < 1.29 is 0 Å². The molecule has 1 nitrogen and oxygen atoms in total. The number of hydrogen-bond donors (Lipinski definition) is 1. The van der Waals surface area contributed by atoms with Gasteiger partial charge in [-0.1, -0.05) is 151 Å². The monoisotopic (exact) mass is 435 g/mol. The molecule has 1 heteroatoms. The first-order valence-electron chi connectivity index (χ1n) is 13.7. The molecule has 0 radical (unpaired) electrons. The molecule has 0 aliphatic carbocycles. The summed E-state index contributed by atoms with van der Waals surface area (Å²) in [5, 5.41) is 3.70. The lowest BCUT2D eigenvalue weighted by Gasteiger charge is -2.18. The quantitative estimate of drug-likeness (QED) is 0.204. The van der Waals surface area contributed by atoms with Gasteiger partial charge in [-0.25, -0.2) is 0 Å². The molecule has 178 valence electrons. The largest absolute Gasteiger partial charge is 0.317 e. The molecular weight excluding hydrogens is 386 g/mol. The summed E-state index contributed by atoms with van der Waals surface area (Å²) < 4.78 is 0. The molecule has 0 heterocycles. The van der Waals surface area contributed by atoms with Gasteiger partial charge in [0, 0.05) is 5.92 Å². The van der Waals surface area contributed by atoms with Crippen molar-refractivity contribution in [2.24, 2.45) is 0 Å². The van der Waals surface area contributed by atoms with Crippen LogP contribution in [-0.4, -0.2) is 13.1 Å². The maximum Gasteiger partial charge on any atom is 0.0101 e. The molecule has 32 heavy (non-hydrogen) atoms. The van der Waals surface area contributed by atoms with Crippen LogP contribution in [0.15, 0.2) is 60.7 Å². The van der Waals surface area contributed by atoms with Crippen LogP contribution in [0, 0.1) is 0 Å². The van der Waals surface area contributed by atoms with Gasteiger partial charge in [0.25, 0.3) is 0 Å². The van der Waals surface area contributed by atoms with E-state index in [1.807, 2.05) is 0 Å². The van der Waals surface area contributed by atoms with E-state index in [4.69, 9.17) is 0 Å². The Balaban J connectivity index is 1.44. The Hall–Kier alpha value is -1.60. The first kappa shape index (κ1) is 26.7. The van der Waals surface area contributed by atoms with E-state index in [0.29, 0.717) is 5.92 Å². The van der Waals surface area contributed by atoms with Crippen LogP contribution >= 0.6 is 0 Å². The van der Waals surface area contributed by atoms with Crippen molar-refractivity contribution in [1.29, 1.82) is 0 Å². The van der Waals surface area contributed by atoms with Gasteiger partial charge >= 0.3 is 0 Å². The maximum absolute atomic E-state index is 3.70. The minimum atomic E-state index is 0.487. The van der Waals surface area contributed by atoms with E-state index in [1.54, 1.807) is 0 Å². The number of benzene rings is 2. The van der Waals surface area contributed by atoms with Crippen LogP contribution < -0.4 is 5.32 Å². The Kier molecular flexibility index (Phi) is 15.8. The molecule has 0 amide bonds. The van der Waals surface area contributed by atoms with Gasteiger partial charge in [0.05, 0.1) is 0 Å². The topological polar surface area (TPSA) is 12.0 Å². The lowest BCUT2D eigenvalue weighted by molar-refractivity contribution is 0.526. The van der Waals surface area contributed by atoms with Gasteiger partial charge in [-0.05, 0) is 37.1 Å². The summed E-state index contributed by atoms with van der Waals surface area (Å²) in [5.74, 6) is 0.487. The van der Waals surface area contributed by atoms with E-state index in [0.717, 1.165) is 19.5 Å². The molecular formula is C31H49N. The van der Waals surface area contributed by atoms with E-state index in [2.05, 4.69) is 72.9 Å². The van der Waals surface area contributed by atoms with Gasteiger partial charge < -0.3 is 5.32 Å². The molecule has 0 bridgehead atoms. The summed E-state index contributed by atoms with van der Waals surface area (Å²) in [5.41, 5.74) is 2.86. The third-order valence-corrected chi connectivity index (χ3v) is 6.72. The fraction of sp³-hybridized carbons (Fsp3) is 0.613. The van der Waals surface area contributed by atoms with Gasteiger partial charge in [-0.15, -0.1) is 0 Å². The smallest absolute Gasteiger partial charge is 0.0101 e. The summed E-state index contributed by atoms with van der Waals surface area (Å²) in [6.45, 7) is 4.55. The summed E-state index contributed by atoms with van der Waals surface area (Å²) >= 11 is 0. The number of unbranched alkanes of at least 4 members (excludes halogenated alkanes) is 13. The van der Waals surface area contributed by atoms with Crippen molar-refractivity contribution in [2.75, 3.05) is 13.1 Å². The van der Waals surface area contributed by atoms with Crippen molar-refractivity contribution in [3.63, 3.8) is 0 Å². The predicted molar refractivity (Wildman–Crippen MR) is 143 cm³/mol. The van der Waals surface area contributed by atoms with Crippen molar-refractivity contribution in [3.05, 3.63) is 71.8 Å². The van der Waals surface area contributed by atoms with Gasteiger partial charge in [-0.3, -0.25) is 0 Å². The fourth-order valence-electron chi connectivity index (χ4n) is 4.71. The highest BCUT2D eigenvalue weighted by atomic mass is 14.8. The molecule has 2 aromatic carbocycles. The van der Waals surface area contributed by atoms with Gasteiger partial charge in [-0.2, -0.15) is 0 Å². The lowest BCUT2D eigenvalue weighted by atomic mass is 9.88. The van der Waals surface area contributed by atoms with Crippen molar-refractivity contribution >= 4 is 0 Å². The van der Waals surface area contributed by atoms with Crippen molar-refractivity contribution in [2.45, 2.75) is 109 Å². The van der Waals surface area contributed by atoms with Crippen molar-refractivity contribution in [1.82, 2.24) is 5.32 Å². The molecule has 0 saturated carbocycles. The Bertz CT molecular complexity index is 597. The van der Waals surface area contributed by atoms with Crippen LogP contribution in [0.25, 0.3) is 0 Å². The second kappa shape index (κ2) is 18.9. The minimum Gasteiger partial charge on any atom is -0.317 e. The van der Waals surface area contributed by atoms with Crippen molar-refractivity contribution in [3.8, 4) is 0 Å². The van der Waals surface area contributed by atoms with Crippen LogP contribution in [0.3, 0.4) is 0 Å². The number of hydrogen-bond acceptors (Lipinski definition) is 1. The molecule has 0 fully saturated rings. The SMILES string of the molecule is CCCCCCCCCCCCCCCCNCCC(c1ccccc1)c1ccccc1. The first-order valence-corrected chi connectivity index (χ1v) is 13.7. The van der Waals surface area contributed by atoms with E-state index < -0.39 is 0 Å². The van der Waals surface area contributed by atoms with E-state index >= 15 is 0 Å². The highest BCUT2D eigenvalue weighted by molar-refractivity contribution is 5.32. The summed E-state index contributed by atoms with van der Waals surface area (Å²) in [6, 6.07) is 21.9. The van der Waals surface area contributed by atoms with E-state index in [1.165, 1.54) is 101 Å². The molecule has 0 aromatic heterocycles. The Morgan fingerprint density at radius 1 is 0.500 bits per heavy atom. The van der Waals surface area contributed by atoms with Gasteiger partial charge in [0.1, 0.15) is 0 Å². The molecule has 0 spiro atoms. The van der Waals surface area contributed by atoms with Crippen LogP contribution in [0.4, 0.5) is 0 Å². The second-order valence-corrected chi connectivity index (χ2v) is 9.51. The zero-order valence-electron chi connectivity index (χ0n) is 20.9. The normalized spacial score (nSPS) is 11.3. The molecule has 2 rings (SSSR count). The molecule has 0 aliphatic rings. The molecule has 1 N–H and O–H groups in total. The van der Waals surface area contributed by atoms with Crippen LogP contribution in [0.5, 0.6) is 0 Å². The summed E-state index contributed by atoms with van der Waals surface area (Å²) in [4.78, 5) is 0. The zero-order chi connectivity index (χ0) is 22.5. The Morgan fingerprint density at radius 2 is 0.906 bits per heavy atom. The van der Waals surface area contributed by atoms with Gasteiger partial charge in [0.15, 0.2) is 0 Å². The van der Waals surface area contributed by atoms with E-state index in [9.17, 15) is 0 Å². The molecule has 0 aliphatic heterocycles. The minimum absolute atomic E-state index is 0.487. The van der Waals surface area contributed by atoms with Crippen LogP contribution in [-0.2, 0) is 0 Å². The molecule has 0 atom stereocenters. The molecule has 0 unspecified atom stereocenters. The lowest BCUT2D eigenvalue weighted by Crippen LogP contribution is -2.19. The Morgan fingerprint density at radius 3 is 1.34 bits per heavy atom. The molecule has 0 saturated heterocycles. The van der Waals surface area contributed by atoms with Crippen LogP contribution in [0.1, 0.15) is 120 Å². The first-order chi connectivity index (χ1) is 15.9. The second-order valence-electron chi connectivity index (χ2n) is 9.51. The Labute approximate surface area is 199 Å². The fourth-order valence-corrected chi connectivity index (χ4v) is 4.71. The number of nitrogens with one attached hydrogen (secondary N) is 1. The third kappa shape index (κ3) is 12.4. The van der Waals surface area contributed by atoms with Gasteiger partial charge in [0.2, 0.25) is 0 Å².